The van der Waals surface area contributed by atoms with Crippen LogP contribution < -0.4 is 4.74 Å². The smallest absolute Gasteiger partial charge is 0.260 e. The number of likely N-dealkylation sites (N-methyl/N-ethyl adjacent to an activating group) is 1. The van der Waals surface area contributed by atoms with Gasteiger partial charge in [0.2, 0.25) is 0 Å². The monoisotopic (exact) mass is 512 g/mol. The predicted molar refractivity (Wildman–Crippen MR) is 124 cm³/mol. The number of carbonyl (C=O) groups is 1. The molecule has 4 atom stereocenters. The lowest BCUT2D eigenvalue weighted by Gasteiger charge is -2.47. The number of nitrogens with zero attached hydrogens (tertiary/aromatic N) is 2. The van der Waals surface area contributed by atoms with Crippen molar-refractivity contribution in [2.75, 3.05) is 41.0 Å². The summed E-state index contributed by atoms with van der Waals surface area (Å²) < 4.78 is 17.0. The first-order valence-electron chi connectivity index (χ1n) is 10.3. The van der Waals surface area contributed by atoms with Crippen LogP contribution >= 0.6 is 46.4 Å². The molecule has 1 saturated heterocycles. The van der Waals surface area contributed by atoms with E-state index in [2.05, 4.69) is 4.90 Å². The largest absolute Gasteiger partial charge is 0.482 e. The summed E-state index contributed by atoms with van der Waals surface area (Å²) in [6, 6.07) is 1.65. The molecule has 6 nitrogen and oxygen atoms in total. The Morgan fingerprint density at radius 1 is 1.03 bits per heavy atom. The molecule has 1 aromatic rings. The molecule has 1 heterocycles. The maximum Gasteiger partial charge on any atom is 0.260 e. The second-order valence-corrected chi connectivity index (χ2v) is 9.53. The highest BCUT2D eigenvalue weighted by Crippen LogP contribution is 2.42. The molecule has 3 rings (SSSR count). The Labute approximate surface area is 203 Å². The lowest BCUT2D eigenvalue weighted by molar-refractivity contribution is -0.142. The van der Waals surface area contributed by atoms with Gasteiger partial charge in [-0.05, 0) is 38.8 Å². The number of amides is 1. The Kier molecular flexibility index (Phi) is 9.01. The van der Waals surface area contributed by atoms with E-state index in [-0.39, 0.29) is 62.6 Å². The lowest BCUT2D eigenvalue weighted by atomic mass is 9.84. The molecule has 0 bridgehead atoms. The Bertz CT molecular complexity index is 791. The Hall–Kier alpha value is -0.470. The molecule has 31 heavy (non-hydrogen) atoms. The van der Waals surface area contributed by atoms with Gasteiger partial charge < -0.3 is 19.1 Å². The van der Waals surface area contributed by atoms with Crippen LogP contribution in [-0.4, -0.2) is 81.0 Å². The zero-order chi connectivity index (χ0) is 22.7. The van der Waals surface area contributed by atoms with Gasteiger partial charge in [0.1, 0.15) is 10.8 Å². The summed E-state index contributed by atoms with van der Waals surface area (Å²) in [5.41, 5.74) is 0. The number of rotatable bonds is 7. The lowest BCUT2D eigenvalue weighted by Crippen LogP contribution is -2.59. The van der Waals surface area contributed by atoms with Gasteiger partial charge in [-0.15, -0.1) is 0 Å². The molecule has 2 fully saturated rings. The number of carbonyl (C=O) groups excluding carboxylic acids is 1. The number of likely N-dealkylation sites (tertiary alicyclic amines) is 1. The third-order valence-electron chi connectivity index (χ3n) is 6.33. The van der Waals surface area contributed by atoms with Gasteiger partial charge in [0.05, 0.1) is 27.3 Å². The summed E-state index contributed by atoms with van der Waals surface area (Å²) in [6.07, 6.45) is 3.78. The molecule has 1 amide bonds. The molecular weight excluding hydrogens is 486 g/mol. The number of hydrogen-bond acceptors (Lipinski definition) is 5. The van der Waals surface area contributed by atoms with Gasteiger partial charge in [0.15, 0.2) is 6.61 Å². The molecule has 0 aromatic heterocycles. The average molecular weight is 514 g/mol. The minimum atomic E-state index is -0.195. The first-order chi connectivity index (χ1) is 14.8. The van der Waals surface area contributed by atoms with Crippen molar-refractivity contribution in [3.63, 3.8) is 0 Å². The van der Waals surface area contributed by atoms with Crippen molar-refractivity contribution >= 4 is 52.3 Å². The quantitative estimate of drug-likeness (QED) is 0.387. The zero-order valence-corrected chi connectivity index (χ0v) is 20.9. The van der Waals surface area contributed by atoms with Gasteiger partial charge in [0.25, 0.3) is 5.91 Å². The topological polar surface area (TPSA) is 51.2 Å². The van der Waals surface area contributed by atoms with Gasteiger partial charge >= 0.3 is 0 Å². The fourth-order valence-electron chi connectivity index (χ4n) is 4.55. The highest BCUT2D eigenvalue weighted by atomic mass is 35.5. The third kappa shape index (κ3) is 5.55. The summed E-state index contributed by atoms with van der Waals surface area (Å²) in [5, 5.41) is 0.586. The maximum atomic E-state index is 13.0. The summed E-state index contributed by atoms with van der Waals surface area (Å²) in [5.74, 6) is 0.0509. The summed E-state index contributed by atoms with van der Waals surface area (Å²) in [7, 11) is 5.21. The second-order valence-electron chi connectivity index (χ2n) is 7.99. The molecule has 0 unspecified atom stereocenters. The highest BCUT2D eigenvalue weighted by Gasteiger charge is 2.43. The Morgan fingerprint density at radius 2 is 1.65 bits per heavy atom. The summed E-state index contributed by atoms with van der Waals surface area (Å²) in [4.78, 5) is 17.3. The van der Waals surface area contributed by atoms with Gasteiger partial charge in [-0.2, -0.15) is 0 Å². The maximum absolute atomic E-state index is 13.0. The molecule has 1 aromatic carbocycles. The minimum absolute atomic E-state index is 0.00348. The van der Waals surface area contributed by atoms with Crippen LogP contribution in [0.1, 0.15) is 25.7 Å². The second kappa shape index (κ2) is 11.1. The molecule has 10 heteroatoms. The van der Waals surface area contributed by atoms with Crippen LogP contribution in [0.2, 0.25) is 20.1 Å². The van der Waals surface area contributed by atoms with Crippen LogP contribution in [0, 0.1) is 0 Å². The molecule has 0 spiro atoms. The van der Waals surface area contributed by atoms with Crippen LogP contribution in [-0.2, 0) is 14.3 Å². The van der Waals surface area contributed by atoms with Gasteiger partial charge in [0, 0.05) is 39.4 Å². The molecule has 1 aliphatic heterocycles. The van der Waals surface area contributed by atoms with E-state index in [1.54, 1.807) is 19.1 Å². The van der Waals surface area contributed by atoms with Gasteiger partial charge in [-0.1, -0.05) is 46.4 Å². The van der Waals surface area contributed by atoms with Crippen LogP contribution in [0.5, 0.6) is 5.75 Å². The summed E-state index contributed by atoms with van der Waals surface area (Å²) >= 11 is 24.3. The third-order valence-corrected chi connectivity index (χ3v) is 8.07. The molecule has 0 N–H and O–H groups in total. The highest BCUT2D eigenvalue weighted by molar-refractivity contribution is 6.52. The van der Waals surface area contributed by atoms with Crippen molar-refractivity contribution in [2.45, 2.75) is 50.0 Å². The first kappa shape index (κ1) is 25.2. The fourth-order valence-corrected chi connectivity index (χ4v) is 5.39. The minimum Gasteiger partial charge on any atom is -0.482 e. The number of methoxy groups -OCH3 is 2. The predicted octanol–water partition coefficient (Wildman–Crippen LogP) is 4.79. The van der Waals surface area contributed by atoms with Gasteiger partial charge in [-0.25, -0.2) is 0 Å². The molecule has 1 saturated carbocycles. The number of hydrogen-bond donors (Lipinski definition) is 0. The number of benzene rings is 1. The van der Waals surface area contributed by atoms with Crippen molar-refractivity contribution in [2.24, 2.45) is 0 Å². The van der Waals surface area contributed by atoms with Crippen molar-refractivity contribution in [1.82, 2.24) is 9.80 Å². The van der Waals surface area contributed by atoms with Crippen LogP contribution in [0.15, 0.2) is 6.07 Å². The van der Waals surface area contributed by atoms with E-state index in [4.69, 9.17) is 60.6 Å². The van der Waals surface area contributed by atoms with E-state index in [9.17, 15) is 4.79 Å². The first-order valence-corrected chi connectivity index (χ1v) is 11.8. The molecule has 174 valence electrons. The Balaban J connectivity index is 1.72. The van der Waals surface area contributed by atoms with Gasteiger partial charge in [-0.3, -0.25) is 9.69 Å². The zero-order valence-electron chi connectivity index (χ0n) is 17.9. The van der Waals surface area contributed by atoms with Crippen molar-refractivity contribution in [3.8, 4) is 5.75 Å². The average Bonchev–Trinajstić information content (AvgIpc) is 3.32. The Morgan fingerprint density at radius 3 is 2.26 bits per heavy atom. The van der Waals surface area contributed by atoms with Crippen LogP contribution in [0.25, 0.3) is 0 Å². The van der Waals surface area contributed by atoms with E-state index in [1.807, 2.05) is 7.05 Å². The molecule has 0 radical (unpaired) electrons. The van der Waals surface area contributed by atoms with Crippen LogP contribution in [0.3, 0.4) is 0 Å². The summed E-state index contributed by atoms with van der Waals surface area (Å²) in [6.45, 7) is 1.87. The van der Waals surface area contributed by atoms with E-state index < -0.39 is 0 Å². The molecular formula is C21H28Cl4N2O4. The van der Waals surface area contributed by atoms with E-state index in [1.165, 1.54) is 18.9 Å². The normalized spacial score (nSPS) is 26.8. The van der Waals surface area contributed by atoms with Crippen molar-refractivity contribution in [1.29, 1.82) is 0 Å². The van der Waals surface area contributed by atoms with Crippen LogP contribution in [0.4, 0.5) is 0 Å². The number of halogens is 4. The molecule has 2 aliphatic rings. The number of ether oxygens (including phenoxy) is 3. The standard InChI is InChI=1S/C21H28Cl4N2O4/c1-26(18(28)11-31-17-8-12(22)19(23)21(25)20(17)24)13-9-15(29-2)16(30-3)10-14(13)27-6-4-5-7-27/h8,13-16H,4-7,9-11H2,1-3H3/t13-,14-,15-,16+/m1/s1. The van der Waals surface area contributed by atoms with E-state index in [0.717, 1.165) is 19.5 Å². The fraction of sp³-hybridized carbons (Fsp3) is 0.667. The SMILES string of the molecule is CO[C@H]1C[C@@H](N2CCCC2)[C@H](N(C)C(=O)COc2cc(Cl)c(Cl)c(Cl)c2Cl)C[C@H]1OC. The van der Waals surface area contributed by atoms with Crippen molar-refractivity contribution in [3.05, 3.63) is 26.2 Å². The van der Waals surface area contributed by atoms with E-state index in [0.29, 0.717) is 6.42 Å². The molecule has 1 aliphatic carbocycles. The van der Waals surface area contributed by atoms with E-state index >= 15 is 0 Å². The van der Waals surface area contributed by atoms with Crippen molar-refractivity contribution < 1.29 is 19.0 Å².